The highest BCUT2D eigenvalue weighted by molar-refractivity contribution is 7.98. The number of rotatable bonds is 7. The maximum Gasteiger partial charge on any atom is 0.0522 e. The third kappa shape index (κ3) is 5.23. The van der Waals surface area contributed by atoms with Crippen molar-refractivity contribution in [3.63, 3.8) is 0 Å². The molecule has 0 saturated carbocycles. The Kier molecular flexibility index (Phi) is 5.79. The van der Waals surface area contributed by atoms with E-state index in [9.17, 15) is 0 Å². The summed E-state index contributed by atoms with van der Waals surface area (Å²) in [5.41, 5.74) is 1.31. The first-order valence-corrected chi connectivity index (χ1v) is 6.79. The molecule has 1 unspecified atom stereocenters. The number of thioether (sulfide) groups is 1. The van der Waals surface area contributed by atoms with Crippen molar-refractivity contribution in [2.24, 2.45) is 13.0 Å². The number of hydrogen-bond donors (Lipinski definition) is 1. The van der Waals surface area contributed by atoms with Crippen molar-refractivity contribution < 1.29 is 0 Å². The van der Waals surface area contributed by atoms with Crippen LogP contribution < -0.4 is 5.32 Å². The van der Waals surface area contributed by atoms with Gasteiger partial charge in [-0.3, -0.25) is 4.68 Å². The molecule has 0 radical (unpaired) electrons. The summed E-state index contributed by atoms with van der Waals surface area (Å²) in [6.45, 7) is 4.44. The van der Waals surface area contributed by atoms with E-state index < -0.39 is 0 Å². The van der Waals surface area contributed by atoms with Crippen LogP contribution in [0.25, 0.3) is 0 Å². The van der Waals surface area contributed by atoms with E-state index in [4.69, 9.17) is 0 Å². The molecule has 3 nitrogen and oxygen atoms in total. The van der Waals surface area contributed by atoms with Gasteiger partial charge in [0.1, 0.15) is 0 Å². The second kappa shape index (κ2) is 6.90. The molecule has 4 heteroatoms. The van der Waals surface area contributed by atoms with Crippen molar-refractivity contribution in [2.45, 2.75) is 13.3 Å². The number of hydrogen-bond acceptors (Lipinski definition) is 3. The van der Waals surface area contributed by atoms with E-state index in [0.29, 0.717) is 0 Å². The van der Waals surface area contributed by atoms with Crippen molar-refractivity contribution in [1.29, 1.82) is 0 Å². The molecule has 0 aliphatic rings. The lowest BCUT2D eigenvalue weighted by molar-refractivity contribution is 0.561. The smallest absolute Gasteiger partial charge is 0.0522 e. The van der Waals surface area contributed by atoms with Gasteiger partial charge in [-0.15, -0.1) is 0 Å². The fraction of sp³-hybridized carbons (Fsp3) is 0.727. The van der Waals surface area contributed by atoms with Gasteiger partial charge in [0.25, 0.3) is 0 Å². The highest BCUT2D eigenvalue weighted by Gasteiger charge is 2.00. The molecule has 0 aliphatic heterocycles. The first-order valence-electron chi connectivity index (χ1n) is 5.39. The quantitative estimate of drug-likeness (QED) is 0.717. The number of aryl methyl sites for hydroxylation is 1. The van der Waals surface area contributed by atoms with Crippen molar-refractivity contribution in [3.05, 3.63) is 18.0 Å². The highest BCUT2D eigenvalue weighted by atomic mass is 32.2. The summed E-state index contributed by atoms with van der Waals surface area (Å²) < 4.78 is 1.85. The summed E-state index contributed by atoms with van der Waals surface area (Å²) in [5, 5.41) is 7.62. The Bertz CT molecular complexity index is 273. The zero-order valence-electron chi connectivity index (χ0n) is 9.86. The van der Waals surface area contributed by atoms with Crippen LogP contribution >= 0.6 is 11.8 Å². The molecule has 0 fully saturated rings. The summed E-state index contributed by atoms with van der Waals surface area (Å²) in [5.74, 6) is 1.99. The van der Waals surface area contributed by atoms with E-state index in [0.717, 1.165) is 25.4 Å². The van der Waals surface area contributed by atoms with Gasteiger partial charge in [0.05, 0.1) is 6.20 Å². The highest BCUT2D eigenvalue weighted by Crippen LogP contribution is 2.02. The van der Waals surface area contributed by atoms with Crippen LogP contribution in [0, 0.1) is 5.92 Å². The SMILES string of the molecule is CSCC(C)CNCCc1cnn(C)c1. The zero-order chi connectivity index (χ0) is 11.1. The largest absolute Gasteiger partial charge is 0.316 e. The first kappa shape index (κ1) is 12.6. The van der Waals surface area contributed by atoms with E-state index in [1.165, 1.54) is 11.3 Å². The van der Waals surface area contributed by atoms with Crippen LogP contribution in [0.3, 0.4) is 0 Å². The molecule has 0 saturated heterocycles. The summed E-state index contributed by atoms with van der Waals surface area (Å²) in [6.07, 6.45) is 7.24. The molecule has 0 amide bonds. The van der Waals surface area contributed by atoms with Gasteiger partial charge in [0.2, 0.25) is 0 Å². The van der Waals surface area contributed by atoms with Gasteiger partial charge in [-0.25, -0.2) is 0 Å². The second-order valence-corrected chi connectivity index (χ2v) is 4.95. The number of nitrogens with one attached hydrogen (secondary N) is 1. The minimum atomic E-state index is 0.758. The van der Waals surface area contributed by atoms with Gasteiger partial charge in [0, 0.05) is 13.2 Å². The van der Waals surface area contributed by atoms with Crippen LogP contribution in [0.5, 0.6) is 0 Å². The molecule has 1 heterocycles. The molecular formula is C11H21N3S. The Balaban J connectivity index is 2.06. The third-order valence-electron chi connectivity index (χ3n) is 2.29. The molecule has 0 spiro atoms. The fourth-order valence-corrected chi connectivity index (χ4v) is 2.21. The lowest BCUT2D eigenvalue weighted by Gasteiger charge is -2.10. The van der Waals surface area contributed by atoms with Crippen LogP contribution in [0.15, 0.2) is 12.4 Å². The standard InChI is InChI=1S/C11H21N3S/c1-10(9-15-3)6-12-5-4-11-7-13-14(2)8-11/h7-8,10,12H,4-6,9H2,1-3H3. The van der Waals surface area contributed by atoms with Crippen LogP contribution in [0.1, 0.15) is 12.5 Å². The van der Waals surface area contributed by atoms with Crippen molar-refractivity contribution in [1.82, 2.24) is 15.1 Å². The Labute approximate surface area is 96.6 Å². The minimum absolute atomic E-state index is 0.758. The third-order valence-corrected chi connectivity index (χ3v) is 3.20. The molecule has 86 valence electrons. The molecule has 1 atom stereocenters. The van der Waals surface area contributed by atoms with E-state index in [2.05, 4.69) is 29.8 Å². The number of aromatic nitrogens is 2. The van der Waals surface area contributed by atoms with Crippen molar-refractivity contribution in [3.8, 4) is 0 Å². The summed E-state index contributed by atoms with van der Waals surface area (Å²) in [4.78, 5) is 0. The van der Waals surface area contributed by atoms with Gasteiger partial charge in [0.15, 0.2) is 0 Å². The van der Waals surface area contributed by atoms with Crippen LogP contribution in [0.4, 0.5) is 0 Å². The molecule has 1 N–H and O–H groups in total. The lowest BCUT2D eigenvalue weighted by atomic mass is 10.2. The van der Waals surface area contributed by atoms with Gasteiger partial charge in [-0.2, -0.15) is 16.9 Å². The van der Waals surface area contributed by atoms with Gasteiger partial charge >= 0.3 is 0 Å². The van der Waals surface area contributed by atoms with Gasteiger partial charge in [-0.05, 0) is 43.0 Å². The normalized spacial score (nSPS) is 13.0. The molecule has 0 bridgehead atoms. The van der Waals surface area contributed by atoms with E-state index in [-0.39, 0.29) is 0 Å². The monoisotopic (exact) mass is 227 g/mol. The topological polar surface area (TPSA) is 29.9 Å². The summed E-state index contributed by atoms with van der Waals surface area (Å²) >= 11 is 1.91. The van der Waals surface area contributed by atoms with Crippen LogP contribution in [-0.4, -0.2) is 34.9 Å². The van der Waals surface area contributed by atoms with Gasteiger partial charge < -0.3 is 5.32 Å². The molecule has 1 rings (SSSR count). The average Bonchev–Trinajstić information content (AvgIpc) is 2.60. The van der Waals surface area contributed by atoms with E-state index >= 15 is 0 Å². The predicted molar refractivity (Wildman–Crippen MR) is 67.3 cm³/mol. The number of nitrogens with zero attached hydrogens (tertiary/aromatic N) is 2. The molecule has 0 aromatic carbocycles. The lowest BCUT2D eigenvalue weighted by Crippen LogP contribution is -2.24. The van der Waals surface area contributed by atoms with Crippen molar-refractivity contribution in [2.75, 3.05) is 25.1 Å². The predicted octanol–water partition coefficient (Wildman–Crippen LogP) is 1.55. The molecular weight excluding hydrogens is 206 g/mol. The Hall–Kier alpha value is -0.480. The summed E-state index contributed by atoms with van der Waals surface area (Å²) in [7, 11) is 1.96. The first-order chi connectivity index (χ1) is 7.22. The van der Waals surface area contributed by atoms with E-state index in [1.807, 2.05) is 29.7 Å². The molecule has 1 aromatic rings. The fourth-order valence-electron chi connectivity index (χ4n) is 1.53. The zero-order valence-corrected chi connectivity index (χ0v) is 10.7. The van der Waals surface area contributed by atoms with Crippen LogP contribution in [-0.2, 0) is 13.5 Å². The average molecular weight is 227 g/mol. The molecule has 1 aromatic heterocycles. The minimum Gasteiger partial charge on any atom is -0.316 e. The van der Waals surface area contributed by atoms with Crippen LogP contribution in [0.2, 0.25) is 0 Å². The second-order valence-electron chi connectivity index (χ2n) is 4.04. The maximum atomic E-state index is 4.15. The Morgan fingerprint density at radius 2 is 2.40 bits per heavy atom. The Morgan fingerprint density at radius 1 is 1.60 bits per heavy atom. The van der Waals surface area contributed by atoms with Gasteiger partial charge in [-0.1, -0.05) is 6.92 Å². The summed E-state index contributed by atoms with van der Waals surface area (Å²) in [6, 6.07) is 0. The molecule has 15 heavy (non-hydrogen) atoms. The van der Waals surface area contributed by atoms with E-state index in [1.54, 1.807) is 0 Å². The molecule has 0 aliphatic carbocycles. The maximum absolute atomic E-state index is 4.15. The Morgan fingerprint density at radius 3 is 3.00 bits per heavy atom. The van der Waals surface area contributed by atoms with Crippen molar-refractivity contribution >= 4 is 11.8 Å².